The van der Waals surface area contributed by atoms with Crippen molar-refractivity contribution in [2.24, 2.45) is 0 Å². The number of ether oxygens (including phenoxy) is 1. The lowest BCUT2D eigenvalue weighted by atomic mass is 10.0. The number of hydrogen-bond donors (Lipinski definition) is 1. The highest BCUT2D eigenvalue weighted by atomic mass is 19.1. The molecule has 6 nitrogen and oxygen atoms in total. The molecule has 0 saturated carbocycles. The summed E-state index contributed by atoms with van der Waals surface area (Å²) in [7, 11) is 0. The van der Waals surface area contributed by atoms with Crippen molar-refractivity contribution in [3.63, 3.8) is 0 Å². The van der Waals surface area contributed by atoms with Crippen molar-refractivity contribution in [3.05, 3.63) is 72.9 Å². The first-order valence-corrected chi connectivity index (χ1v) is 10.3. The number of benzene rings is 2. The predicted molar refractivity (Wildman–Crippen MR) is 120 cm³/mol. The van der Waals surface area contributed by atoms with Crippen LogP contribution in [0.4, 0.5) is 15.9 Å². The van der Waals surface area contributed by atoms with E-state index in [1.54, 1.807) is 24.5 Å². The van der Waals surface area contributed by atoms with E-state index in [1.807, 2.05) is 18.3 Å². The van der Waals surface area contributed by atoms with Crippen LogP contribution in [0.3, 0.4) is 0 Å². The number of hydrogen-bond acceptors (Lipinski definition) is 6. The molecular weight excluding hydrogens is 393 g/mol. The van der Waals surface area contributed by atoms with Crippen LogP contribution in [0.25, 0.3) is 22.2 Å². The van der Waals surface area contributed by atoms with Crippen LogP contribution in [-0.2, 0) is 0 Å². The predicted octanol–water partition coefficient (Wildman–Crippen LogP) is 4.53. The normalized spacial score (nSPS) is 13.8. The number of pyridine rings is 1. The lowest BCUT2D eigenvalue weighted by Crippen LogP contribution is -2.54. The first-order chi connectivity index (χ1) is 15.2. The summed E-state index contributed by atoms with van der Waals surface area (Å²) in [5, 5.41) is 3.35. The second kappa shape index (κ2) is 8.18. The van der Waals surface area contributed by atoms with Gasteiger partial charge in [0.05, 0.1) is 24.1 Å². The lowest BCUT2D eigenvalue weighted by Gasteiger charge is -2.39. The van der Waals surface area contributed by atoms with E-state index >= 15 is 0 Å². The molecule has 1 saturated heterocycles. The molecule has 1 fully saturated rings. The molecule has 1 N–H and O–H groups in total. The van der Waals surface area contributed by atoms with E-state index < -0.39 is 0 Å². The van der Waals surface area contributed by atoms with Crippen LogP contribution in [0.5, 0.6) is 5.75 Å². The zero-order chi connectivity index (χ0) is 21.2. The summed E-state index contributed by atoms with van der Waals surface area (Å²) >= 11 is 0. The van der Waals surface area contributed by atoms with E-state index in [9.17, 15) is 4.39 Å². The summed E-state index contributed by atoms with van der Waals surface area (Å²) in [6.07, 6.45) is 5.31. The highest BCUT2D eigenvalue weighted by Crippen LogP contribution is 2.31. The smallest absolute Gasteiger partial charge is 0.134 e. The van der Waals surface area contributed by atoms with Crippen LogP contribution in [0.2, 0.25) is 0 Å². The number of anilines is 2. The van der Waals surface area contributed by atoms with Crippen molar-refractivity contribution in [2.45, 2.75) is 13.0 Å². The number of halogens is 1. The molecule has 0 aliphatic carbocycles. The number of aromatic nitrogens is 3. The molecule has 0 bridgehead atoms. The third-order valence-electron chi connectivity index (χ3n) is 5.28. The Hall–Kier alpha value is -3.74. The molecular formula is C24H22FN5O. The van der Waals surface area contributed by atoms with Gasteiger partial charge < -0.3 is 15.0 Å². The van der Waals surface area contributed by atoms with Gasteiger partial charge in [-0.25, -0.2) is 9.37 Å². The third-order valence-corrected chi connectivity index (χ3v) is 5.28. The molecule has 7 heteroatoms. The Morgan fingerprint density at radius 1 is 1.06 bits per heavy atom. The molecule has 156 valence electrons. The molecule has 1 aliphatic heterocycles. The Labute approximate surface area is 179 Å². The maximum Gasteiger partial charge on any atom is 0.134 e. The molecule has 4 aromatic rings. The summed E-state index contributed by atoms with van der Waals surface area (Å²) in [5.41, 5.74) is 4.69. The van der Waals surface area contributed by atoms with Crippen molar-refractivity contribution in [3.8, 4) is 16.9 Å². The summed E-state index contributed by atoms with van der Waals surface area (Å²) in [6.45, 7) is 4.33. The minimum absolute atomic E-state index is 0.0271. The maximum absolute atomic E-state index is 13.3. The summed E-state index contributed by atoms with van der Waals surface area (Å²) in [4.78, 5) is 15.8. The largest absolute Gasteiger partial charge is 0.487 e. The molecule has 3 heterocycles. The van der Waals surface area contributed by atoms with Crippen LogP contribution in [0.1, 0.15) is 6.92 Å². The van der Waals surface area contributed by atoms with E-state index in [-0.39, 0.29) is 11.9 Å². The molecule has 5 rings (SSSR count). The fourth-order valence-electron chi connectivity index (χ4n) is 3.77. The van der Waals surface area contributed by atoms with E-state index in [4.69, 9.17) is 4.74 Å². The zero-order valence-electron chi connectivity index (χ0n) is 17.1. The highest BCUT2D eigenvalue weighted by Gasteiger charge is 2.29. The molecule has 0 amide bonds. The topological polar surface area (TPSA) is 63.2 Å². The van der Waals surface area contributed by atoms with Gasteiger partial charge >= 0.3 is 0 Å². The Bertz CT molecular complexity index is 1210. The Morgan fingerprint density at radius 2 is 1.94 bits per heavy atom. The quantitative estimate of drug-likeness (QED) is 0.499. The minimum atomic E-state index is -0.290. The number of fused-ring (bicyclic) bond motifs is 1. The van der Waals surface area contributed by atoms with Crippen molar-refractivity contribution >= 4 is 22.5 Å². The Balaban J connectivity index is 1.32. The first kappa shape index (κ1) is 19.2. The second-order valence-corrected chi connectivity index (χ2v) is 7.49. The van der Waals surface area contributed by atoms with Crippen LogP contribution >= 0.6 is 0 Å². The van der Waals surface area contributed by atoms with Crippen molar-refractivity contribution in [1.82, 2.24) is 15.0 Å². The summed E-state index contributed by atoms with van der Waals surface area (Å²) < 4.78 is 19.1. The molecule has 31 heavy (non-hydrogen) atoms. The summed E-state index contributed by atoms with van der Waals surface area (Å²) in [5.74, 6) is 1.16. The number of nitrogens with one attached hydrogen (secondary N) is 1. The Kier molecular flexibility index (Phi) is 5.08. The summed E-state index contributed by atoms with van der Waals surface area (Å²) in [6, 6.07) is 14.4. The van der Waals surface area contributed by atoms with Crippen LogP contribution < -0.4 is 15.0 Å². The van der Waals surface area contributed by atoms with Crippen LogP contribution in [0, 0.1) is 5.82 Å². The van der Waals surface area contributed by atoms with Gasteiger partial charge in [-0.2, -0.15) is 0 Å². The van der Waals surface area contributed by atoms with Crippen molar-refractivity contribution < 1.29 is 9.13 Å². The van der Waals surface area contributed by atoms with Gasteiger partial charge in [-0.1, -0.05) is 6.07 Å². The van der Waals surface area contributed by atoms with Gasteiger partial charge in [-0.05, 0) is 43.3 Å². The lowest BCUT2D eigenvalue weighted by molar-refractivity contribution is 0.166. The number of rotatable bonds is 6. The molecule has 0 unspecified atom stereocenters. The second-order valence-electron chi connectivity index (χ2n) is 7.49. The highest BCUT2D eigenvalue weighted by molar-refractivity contribution is 5.94. The number of nitrogens with zero attached hydrogens (tertiary/aromatic N) is 4. The minimum Gasteiger partial charge on any atom is -0.487 e. The van der Waals surface area contributed by atoms with Crippen molar-refractivity contribution in [1.29, 1.82) is 0 Å². The molecule has 0 spiro atoms. The molecule has 0 radical (unpaired) electrons. The van der Waals surface area contributed by atoms with Gasteiger partial charge in [-0.3, -0.25) is 9.97 Å². The average molecular weight is 415 g/mol. The van der Waals surface area contributed by atoms with Crippen LogP contribution in [-0.4, -0.2) is 40.7 Å². The Morgan fingerprint density at radius 3 is 2.71 bits per heavy atom. The van der Waals surface area contributed by atoms with Gasteiger partial charge in [-0.15, -0.1) is 0 Å². The van der Waals surface area contributed by atoms with Gasteiger partial charge in [0.2, 0.25) is 0 Å². The van der Waals surface area contributed by atoms with E-state index in [0.717, 1.165) is 40.2 Å². The van der Waals surface area contributed by atoms with Gasteiger partial charge in [0.1, 0.15) is 23.5 Å². The van der Waals surface area contributed by atoms with Crippen molar-refractivity contribution in [2.75, 3.05) is 29.9 Å². The monoisotopic (exact) mass is 415 g/mol. The maximum atomic E-state index is 13.3. The van der Waals surface area contributed by atoms with Gasteiger partial charge in [0.25, 0.3) is 0 Å². The molecule has 2 aromatic carbocycles. The SMILES string of the molecule is CCNc1cc(-c2ccc(N3CC(Oc4cccc(F)c4)C3)nc2)c2nccnc2c1. The standard InChI is InChI=1S/C24H22FN5O/c1-2-26-18-11-21(24-22(12-18)27-8-9-28-24)16-6-7-23(29-13-16)30-14-20(15-30)31-19-5-3-4-17(25)10-19/h3-13,20,26H,2,14-15H2,1H3. The van der Waals surface area contributed by atoms with E-state index in [2.05, 4.69) is 44.2 Å². The first-order valence-electron chi connectivity index (χ1n) is 10.3. The molecule has 2 aromatic heterocycles. The third kappa shape index (κ3) is 3.99. The van der Waals surface area contributed by atoms with Gasteiger partial charge in [0.15, 0.2) is 0 Å². The fourth-order valence-corrected chi connectivity index (χ4v) is 3.77. The van der Waals surface area contributed by atoms with E-state index in [1.165, 1.54) is 12.1 Å². The van der Waals surface area contributed by atoms with Gasteiger partial charge in [0, 0.05) is 48.0 Å². The van der Waals surface area contributed by atoms with Crippen LogP contribution in [0.15, 0.2) is 67.1 Å². The molecule has 0 atom stereocenters. The average Bonchev–Trinajstić information content (AvgIpc) is 2.76. The zero-order valence-corrected chi connectivity index (χ0v) is 17.1. The molecule has 1 aliphatic rings. The fraction of sp³-hybridized carbons (Fsp3) is 0.208. The van der Waals surface area contributed by atoms with E-state index in [0.29, 0.717) is 18.8 Å².